The highest BCUT2D eigenvalue weighted by molar-refractivity contribution is 5.69. The van der Waals surface area contributed by atoms with E-state index in [2.05, 4.69) is 17.4 Å². The summed E-state index contributed by atoms with van der Waals surface area (Å²) in [5.41, 5.74) is 3.63. The second-order valence-corrected chi connectivity index (χ2v) is 7.32. The van der Waals surface area contributed by atoms with Gasteiger partial charge in [-0.3, -0.25) is 0 Å². The Morgan fingerprint density at radius 3 is 2.83 bits per heavy atom. The van der Waals surface area contributed by atoms with Crippen molar-refractivity contribution in [1.29, 1.82) is 0 Å². The molecule has 2 atom stereocenters. The van der Waals surface area contributed by atoms with Crippen LogP contribution < -0.4 is 5.32 Å². The third-order valence-electron chi connectivity index (χ3n) is 5.24. The highest BCUT2D eigenvalue weighted by Crippen LogP contribution is 2.25. The number of aliphatic hydroxyl groups excluding tert-OH is 1. The number of aliphatic hydroxyl groups is 1. The number of benzene rings is 2. The molecule has 1 heterocycles. The van der Waals surface area contributed by atoms with Crippen molar-refractivity contribution in [2.24, 2.45) is 0 Å². The van der Waals surface area contributed by atoms with Crippen LogP contribution in [0.3, 0.4) is 0 Å². The van der Waals surface area contributed by atoms with E-state index in [0.29, 0.717) is 6.54 Å². The molecule has 1 aliphatic heterocycles. The van der Waals surface area contributed by atoms with Gasteiger partial charge in [-0.05, 0) is 48.2 Å². The summed E-state index contributed by atoms with van der Waals surface area (Å²) in [7, 11) is 0. The fraction of sp³-hybridized carbons (Fsp3) is 0.240. The second kappa shape index (κ2) is 9.34. The third kappa shape index (κ3) is 4.73. The molecule has 3 aromatic carbocycles. The molecule has 0 saturated carbocycles. The molecule has 1 unspecified atom stereocenters. The van der Waals surface area contributed by atoms with Crippen molar-refractivity contribution in [3.05, 3.63) is 90.5 Å². The molecule has 1 amide bonds. The zero-order valence-electron chi connectivity index (χ0n) is 16.6. The summed E-state index contributed by atoms with van der Waals surface area (Å²) in [6.07, 6.45) is 0.262. The fourth-order valence-electron chi connectivity index (χ4n) is 3.72. The molecule has 1 fully saturated rings. The standard InChI is InChI=1S/C25H24N2O3/c28-24(26-22-14-7-13-21(17-22)20-11-5-2-6-12-20)23-15-8-16-27(23)25(29)30-18-19-9-3-1-4-10-19/h1-5,7,9-11,13-14,17,23-24,26,28H,8,15-16,18H2/t23-,24?/m0/s1. The van der Waals surface area contributed by atoms with Gasteiger partial charge in [0.1, 0.15) is 12.8 Å². The molecular formula is C25H24N2O3. The number of rotatable bonds is 6. The monoisotopic (exact) mass is 400 g/mol. The first-order chi connectivity index (χ1) is 14.7. The Labute approximate surface area is 176 Å². The van der Waals surface area contributed by atoms with E-state index in [9.17, 15) is 9.90 Å². The molecule has 5 nitrogen and oxygen atoms in total. The van der Waals surface area contributed by atoms with Crippen LogP contribution >= 0.6 is 0 Å². The number of nitrogens with zero attached hydrogens (tertiary/aromatic N) is 1. The van der Waals surface area contributed by atoms with Crippen LogP contribution in [0.15, 0.2) is 72.8 Å². The molecular weight excluding hydrogens is 376 g/mol. The van der Waals surface area contributed by atoms with Crippen molar-refractivity contribution in [3.63, 3.8) is 0 Å². The molecule has 5 heteroatoms. The van der Waals surface area contributed by atoms with Crippen LogP contribution in [0.4, 0.5) is 10.5 Å². The van der Waals surface area contributed by atoms with E-state index >= 15 is 0 Å². The van der Waals surface area contributed by atoms with Gasteiger partial charge in [0.25, 0.3) is 0 Å². The summed E-state index contributed by atoms with van der Waals surface area (Å²) < 4.78 is 5.46. The fourth-order valence-corrected chi connectivity index (χ4v) is 3.72. The van der Waals surface area contributed by atoms with Gasteiger partial charge in [0.2, 0.25) is 0 Å². The normalized spacial score (nSPS) is 16.6. The van der Waals surface area contributed by atoms with Gasteiger partial charge < -0.3 is 20.1 Å². The molecule has 2 N–H and O–H groups in total. The van der Waals surface area contributed by atoms with Gasteiger partial charge in [-0.1, -0.05) is 60.7 Å². The van der Waals surface area contributed by atoms with Crippen molar-refractivity contribution in [1.82, 2.24) is 4.90 Å². The number of anilines is 1. The third-order valence-corrected chi connectivity index (χ3v) is 5.24. The van der Waals surface area contributed by atoms with E-state index in [1.807, 2.05) is 66.7 Å². The molecule has 4 rings (SSSR count). The van der Waals surface area contributed by atoms with Gasteiger partial charge in [-0.25, -0.2) is 4.79 Å². The van der Waals surface area contributed by atoms with Crippen LogP contribution in [0.25, 0.3) is 11.1 Å². The largest absolute Gasteiger partial charge is 0.445 e. The van der Waals surface area contributed by atoms with E-state index in [4.69, 9.17) is 4.74 Å². The summed E-state index contributed by atoms with van der Waals surface area (Å²) in [6.45, 7) is 0.797. The second-order valence-electron chi connectivity index (χ2n) is 7.32. The average Bonchev–Trinajstić information content (AvgIpc) is 3.29. The minimum Gasteiger partial charge on any atom is -0.445 e. The predicted molar refractivity (Wildman–Crippen MR) is 116 cm³/mol. The van der Waals surface area contributed by atoms with Crippen LogP contribution in [0.5, 0.6) is 0 Å². The Hall–Kier alpha value is -3.49. The Morgan fingerprint density at radius 2 is 2.03 bits per heavy atom. The summed E-state index contributed by atoms with van der Waals surface area (Å²) in [6, 6.07) is 28.7. The van der Waals surface area contributed by atoms with E-state index in [1.165, 1.54) is 0 Å². The van der Waals surface area contributed by atoms with Crippen LogP contribution in [-0.4, -0.2) is 34.9 Å². The number of ether oxygens (including phenoxy) is 1. The van der Waals surface area contributed by atoms with Gasteiger partial charge in [0, 0.05) is 17.8 Å². The molecule has 0 aromatic heterocycles. The summed E-state index contributed by atoms with van der Waals surface area (Å²) in [4.78, 5) is 14.2. The lowest BCUT2D eigenvalue weighted by Crippen LogP contribution is -2.46. The van der Waals surface area contributed by atoms with Crippen LogP contribution in [-0.2, 0) is 11.3 Å². The molecule has 0 bridgehead atoms. The summed E-state index contributed by atoms with van der Waals surface area (Å²) >= 11 is 0. The molecule has 1 aliphatic rings. The number of hydrogen-bond acceptors (Lipinski definition) is 4. The lowest BCUT2D eigenvalue weighted by atomic mass is 10.1. The Balaban J connectivity index is 1.39. The maximum Gasteiger partial charge on any atom is 0.410 e. The minimum atomic E-state index is -0.890. The number of nitrogens with one attached hydrogen (secondary N) is 1. The van der Waals surface area contributed by atoms with Crippen molar-refractivity contribution in [3.8, 4) is 11.1 Å². The molecule has 30 heavy (non-hydrogen) atoms. The Bertz CT molecular complexity index is 962. The van der Waals surface area contributed by atoms with E-state index < -0.39 is 12.3 Å². The molecule has 3 aromatic rings. The lowest BCUT2D eigenvalue weighted by Gasteiger charge is -2.29. The molecule has 0 radical (unpaired) electrons. The molecule has 0 spiro atoms. The molecule has 0 aliphatic carbocycles. The first-order valence-corrected chi connectivity index (χ1v) is 10.1. The van der Waals surface area contributed by atoms with Gasteiger partial charge in [0.05, 0.1) is 6.04 Å². The van der Waals surface area contributed by atoms with Gasteiger partial charge in [-0.15, -0.1) is 0 Å². The molecule has 152 valence electrons. The van der Waals surface area contributed by atoms with Crippen LogP contribution in [0.1, 0.15) is 18.4 Å². The van der Waals surface area contributed by atoms with E-state index in [0.717, 1.165) is 35.2 Å². The topological polar surface area (TPSA) is 61.8 Å². The number of amides is 1. The maximum atomic E-state index is 12.6. The Morgan fingerprint density at radius 1 is 1.17 bits per heavy atom. The number of hydrogen-bond donors (Lipinski definition) is 2. The first-order valence-electron chi connectivity index (χ1n) is 10.1. The zero-order valence-corrected chi connectivity index (χ0v) is 16.6. The number of likely N-dealkylation sites (tertiary alicyclic amines) is 1. The van der Waals surface area contributed by atoms with E-state index in [1.54, 1.807) is 11.0 Å². The van der Waals surface area contributed by atoms with Crippen LogP contribution in [0, 0.1) is 12.1 Å². The highest BCUT2D eigenvalue weighted by Gasteiger charge is 2.35. The smallest absolute Gasteiger partial charge is 0.410 e. The predicted octanol–water partition coefficient (Wildman–Crippen LogP) is 4.49. The van der Waals surface area contributed by atoms with Crippen molar-refractivity contribution in [2.75, 3.05) is 11.9 Å². The maximum absolute atomic E-state index is 12.6. The highest BCUT2D eigenvalue weighted by atomic mass is 16.6. The minimum absolute atomic E-state index is 0.221. The first kappa shape index (κ1) is 19.8. The lowest BCUT2D eigenvalue weighted by molar-refractivity contribution is 0.0582. The zero-order chi connectivity index (χ0) is 20.8. The van der Waals surface area contributed by atoms with E-state index in [-0.39, 0.29) is 12.6 Å². The van der Waals surface area contributed by atoms with Crippen molar-refractivity contribution < 1.29 is 14.6 Å². The average molecular weight is 400 g/mol. The number of carbonyl (C=O) groups is 1. The van der Waals surface area contributed by atoms with Crippen molar-refractivity contribution >= 4 is 11.8 Å². The van der Waals surface area contributed by atoms with Crippen LogP contribution in [0.2, 0.25) is 0 Å². The summed E-state index contributed by atoms with van der Waals surface area (Å²) in [5, 5.41) is 13.9. The number of carbonyl (C=O) groups excluding carboxylic acids is 1. The van der Waals surface area contributed by atoms with Gasteiger partial charge in [-0.2, -0.15) is 0 Å². The molecule has 1 saturated heterocycles. The SMILES string of the molecule is O=C(OCc1ccccc1)N1CCC[C@H]1C(O)Nc1cccc(-c2c#cccc2)c1. The van der Waals surface area contributed by atoms with Gasteiger partial charge in [0.15, 0.2) is 0 Å². The van der Waals surface area contributed by atoms with Crippen molar-refractivity contribution in [2.45, 2.75) is 31.7 Å². The van der Waals surface area contributed by atoms with Gasteiger partial charge >= 0.3 is 6.09 Å². The quantitative estimate of drug-likeness (QED) is 0.599. The summed E-state index contributed by atoms with van der Waals surface area (Å²) in [5.74, 6) is 0. The Kier molecular flexibility index (Phi) is 6.17.